The molecule has 2 aromatic rings. The maximum atomic E-state index is 13.4. The van der Waals surface area contributed by atoms with Gasteiger partial charge < -0.3 is 4.98 Å². The quantitative estimate of drug-likeness (QED) is 0.819. The lowest BCUT2D eigenvalue weighted by Crippen LogP contribution is -2.02. The highest BCUT2D eigenvalue weighted by Gasteiger charge is 2.10. The minimum Gasteiger partial charge on any atom is -0.337 e. The van der Waals surface area contributed by atoms with Crippen LogP contribution in [0.1, 0.15) is 18.2 Å². The topological polar surface area (TPSA) is 20.7 Å². The molecule has 17 heavy (non-hydrogen) atoms. The second kappa shape index (κ2) is 4.74. The second-order valence-corrected chi connectivity index (χ2v) is 5.07. The van der Waals surface area contributed by atoms with Crippen molar-refractivity contribution < 1.29 is 4.39 Å². The summed E-state index contributed by atoms with van der Waals surface area (Å²) in [4.78, 5) is 3.02. The zero-order valence-electron chi connectivity index (χ0n) is 9.55. The van der Waals surface area contributed by atoms with E-state index in [0.717, 1.165) is 23.4 Å². The summed E-state index contributed by atoms with van der Waals surface area (Å²) >= 11 is 8.46. The molecule has 0 spiro atoms. The number of nitrogens with one attached hydrogen (secondary N) is 1. The Balaban J connectivity index is 2.72. The summed E-state index contributed by atoms with van der Waals surface area (Å²) in [6, 6.07) is 3.26. The zero-order valence-corrected chi connectivity index (χ0v) is 12.0. The minimum atomic E-state index is -0.258. The molecule has 0 bridgehead atoms. The maximum Gasteiger partial charge on any atom is 0.182 e. The molecule has 0 aliphatic heterocycles. The number of nitrogens with zero attached hydrogens (tertiary/aromatic N) is 1. The first kappa shape index (κ1) is 12.5. The van der Waals surface area contributed by atoms with E-state index < -0.39 is 0 Å². The molecule has 0 unspecified atom stereocenters. The molecule has 0 aliphatic rings. The van der Waals surface area contributed by atoms with Crippen LogP contribution in [-0.2, 0) is 6.42 Å². The van der Waals surface area contributed by atoms with Gasteiger partial charge in [0, 0.05) is 11.9 Å². The Labute approximate surface area is 113 Å². The molecule has 0 radical (unpaired) electrons. The summed E-state index contributed by atoms with van der Waals surface area (Å²) in [5, 5.41) is 0. The summed E-state index contributed by atoms with van der Waals surface area (Å²) in [6.07, 6.45) is 2.75. The molecule has 1 aromatic carbocycles. The highest BCUT2D eigenvalue weighted by molar-refractivity contribution is 9.10. The number of halogens is 2. The fourth-order valence-corrected chi connectivity index (χ4v) is 2.41. The van der Waals surface area contributed by atoms with Crippen molar-refractivity contribution in [3.05, 3.63) is 44.6 Å². The van der Waals surface area contributed by atoms with Gasteiger partial charge in [-0.1, -0.05) is 6.92 Å². The van der Waals surface area contributed by atoms with Crippen molar-refractivity contribution in [1.29, 1.82) is 0 Å². The second-order valence-electron chi connectivity index (χ2n) is 3.83. The maximum absolute atomic E-state index is 13.4. The number of rotatable bonds is 2. The molecule has 0 amide bonds. The minimum absolute atomic E-state index is 0.258. The lowest BCUT2D eigenvalue weighted by atomic mass is 10.2. The van der Waals surface area contributed by atoms with Crippen LogP contribution in [0.25, 0.3) is 5.69 Å². The van der Waals surface area contributed by atoms with Gasteiger partial charge in [-0.25, -0.2) is 4.39 Å². The standard InChI is InChI=1S/C12H12BrFN2S/c1-3-8-6-15-12(17)16(8)11-5-9(13)10(14)4-7(11)2/h4-6H,3H2,1-2H3,(H,15,17). The van der Waals surface area contributed by atoms with Crippen LogP contribution in [0.15, 0.2) is 22.8 Å². The van der Waals surface area contributed by atoms with Crippen molar-refractivity contribution >= 4 is 28.1 Å². The molecule has 1 aromatic heterocycles. The van der Waals surface area contributed by atoms with Crippen molar-refractivity contribution in [2.75, 3.05) is 0 Å². The Morgan fingerprint density at radius 1 is 1.47 bits per heavy atom. The van der Waals surface area contributed by atoms with Crippen LogP contribution in [0.5, 0.6) is 0 Å². The van der Waals surface area contributed by atoms with Crippen molar-refractivity contribution in [3.63, 3.8) is 0 Å². The van der Waals surface area contributed by atoms with Crippen LogP contribution in [0.3, 0.4) is 0 Å². The number of benzene rings is 1. The smallest absolute Gasteiger partial charge is 0.182 e. The molecular weight excluding hydrogens is 303 g/mol. The lowest BCUT2D eigenvalue weighted by Gasteiger charge is -2.11. The van der Waals surface area contributed by atoms with Gasteiger partial charge in [0.15, 0.2) is 4.77 Å². The molecule has 0 atom stereocenters. The van der Waals surface area contributed by atoms with Gasteiger partial charge in [-0.2, -0.15) is 0 Å². The molecule has 1 heterocycles. The molecule has 90 valence electrons. The van der Waals surface area contributed by atoms with Crippen LogP contribution in [0.2, 0.25) is 0 Å². The average molecular weight is 315 g/mol. The molecule has 0 aliphatic carbocycles. The number of hydrogen-bond donors (Lipinski definition) is 1. The van der Waals surface area contributed by atoms with Gasteiger partial charge in [0.05, 0.1) is 10.2 Å². The van der Waals surface area contributed by atoms with Crippen LogP contribution in [-0.4, -0.2) is 9.55 Å². The Bertz CT molecular complexity index is 615. The fourth-order valence-electron chi connectivity index (χ4n) is 1.81. The van der Waals surface area contributed by atoms with Crippen LogP contribution in [0.4, 0.5) is 4.39 Å². The Kier molecular flexibility index (Phi) is 3.49. The molecule has 1 N–H and O–H groups in total. The highest BCUT2D eigenvalue weighted by Crippen LogP contribution is 2.25. The zero-order chi connectivity index (χ0) is 12.6. The van der Waals surface area contributed by atoms with Gasteiger partial charge in [-0.15, -0.1) is 0 Å². The highest BCUT2D eigenvalue weighted by atomic mass is 79.9. The number of aromatic amines is 1. The van der Waals surface area contributed by atoms with E-state index >= 15 is 0 Å². The van der Waals surface area contributed by atoms with Crippen molar-refractivity contribution in [2.45, 2.75) is 20.3 Å². The summed E-state index contributed by atoms with van der Waals surface area (Å²) in [6.45, 7) is 3.93. The molecule has 0 saturated carbocycles. The van der Waals surface area contributed by atoms with Gasteiger partial charge in [-0.3, -0.25) is 4.57 Å². The van der Waals surface area contributed by atoms with E-state index in [9.17, 15) is 4.39 Å². The van der Waals surface area contributed by atoms with Gasteiger partial charge >= 0.3 is 0 Å². The Morgan fingerprint density at radius 3 is 2.82 bits per heavy atom. The van der Waals surface area contributed by atoms with Crippen LogP contribution < -0.4 is 0 Å². The largest absolute Gasteiger partial charge is 0.337 e. The summed E-state index contributed by atoms with van der Waals surface area (Å²) in [5.74, 6) is -0.258. The first-order chi connectivity index (χ1) is 8.04. The number of H-pyrrole nitrogens is 1. The number of imidazole rings is 1. The third-order valence-corrected chi connectivity index (χ3v) is 3.60. The number of hydrogen-bond acceptors (Lipinski definition) is 1. The molecule has 0 fully saturated rings. The molecule has 2 rings (SSSR count). The fraction of sp³-hybridized carbons (Fsp3) is 0.250. The number of aryl methyl sites for hydroxylation is 2. The normalized spacial score (nSPS) is 10.8. The van der Waals surface area contributed by atoms with E-state index in [4.69, 9.17) is 12.2 Å². The predicted octanol–water partition coefficient (Wildman–Crippen LogP) is 4.31. The summed E-state index contributed by atoms with van der Waals surface area (Å²) < 4.78 is 16.4. The van der Waals surface area contributed by atoms with Crippen molar-refractivity contribution in [3.8, 4) is 5.69 Å². The summed E-state index contributed by atoms with van der Waals surface area (Å²) in [7, 11) is 0. The molecular formula is C12H12BrFN2S. The monoisotopic (exact) mass is 314 g/mol. The molecule has 2 nitrogen and oxygen atoms in total. The van der Waals surface area contributed by atoms with E-state index in [-0.39, 0.29) is 5.82 Å². The van der Waals surface area contributed by atoms with Gasteiger partial charge in [0.25, 0.3) is 0 Å². The van der Waals surface area contributed by atoms with E-state index in [2.05, 4.69) is 27.8 Å². The van der Waals surface area contributed by atoms with E-state index in [1.54, 1.807) is 6.07 Å². The third-order valence-electron chi connectivity index (χ3n) is 2.69. The Morgan fingerprint density at radius 2 is 2.18 bits per heavy atom. The average Bonchev–Trinajstić information content (AvgIpc) is 2.65. The van der Waals surface area contributed by atoms with Gasteiger partial charge in [-0.05, 0) is 59.2 Å². The van der Waals surface area contributed by atoms with E-state index in [1.165, 1.54) is 6.07 Å². The Hall–Kier alpha value is -0.940. The van der Waals surface area contributed by atoms with E-state index in [1.807, 2.05) is 17.7 Å². The SMILES string of the molecule is CCc1c[nH]c(=S)n1-c1cc(Br)c(F)cc1C. The first-order valence-corrected chi connectivity index (χ1v) is 6.50. The lowest BCUT2D eigenvalue weighted by molar-refractivity contribution is 0.619. The number of aromatic nitrogens is 2. The van der Waals surface area contributed by atoms with Crippen molar-refractivity contribution in [1.82, 2.24) is 9.55 Å². The molecule has 0 saturated heterocycles. The summed E-state index contributed by atoms with van der Waals surface area (Å²) in [5.41, 5.74) is 2.84. The van der Waals surface area contributed by atoms with Crippen LogP contribution in [0, 0.1) is 17.5 Å². The van der Waals surface area contributed by atoms with Crippen LogP contribution >= 0.6 is 28.1 Å². The van der Waals surface area contributed by atoms with E-state index in [0.29, 0.717) is 9.24 Å². The first-order valence-electron chi connectivity index (χ1n) is 5.30. The van der Waals surface area contributed by atoms with Crippen molar-refractivity contribution in [2.24, 2.45) is 0 Å². The van der Waals surface area contributed by atoms with Gasteiger partial charge in [0.1, 0.15) is 5.82 Å². The third kappa shape index (κ3) is 2.21. The molecule has 5 heteroatoms. The predicted molar refractivity (Wildman–Crippen MR) is 72.7 cm³/mol. The van der Waals surface area contributed by atoms with Gasteiger partial charge in [0.2, 0.25) is 0 Å².